The number of carbonyl (C=O) groups is 3. The van der Waals surface area contributed by atoms with Crippen LogP contribution in [0.25, 0.3) is 0 Å². The third kappa shape index (κ3) is 6.67. The first-order valence-corrected chi connectivity index (χ1v) is 11.6. The van der Waals surface area contributed by atoms with Crippen molar-refractivity contribution >= 4 is 23.5 Å². The van der Waals surface area contributed by atoms with Gasteiger partial charge in [0.05, 0.1) is 11.1 Å². The Bertz CT molecular complexity index is 1000. The van der Waals surface area contributed by atoms with Gasteiger partial charge >= 0.3 is 11.9 Å². The van der Waals surface area contributed by atoms with Gasteiger partial charge in [0, 0.05) is 5.69 Å². The fraction of sp³-hybridized carbons (Fsp3) is 0.444. The van der Waals surface area contributed by atoms with E-state index in [1.54, 1.807) is 24.3 Å². The van der Waals surface area contributed by atoms with Crippen molar-refractivity contribution in [3.8, 4) is 0 Å². The molecule has 2 aromatic rings. The van der Waals surface area contributed by atoms with Crippen molar-refractivity contribution in [2.45, 2.75) is 53.1 Å². The minimum Gasteiger partial charge on any atom is -0.458 e. The van der Waals surface area contributed by atoms with E-state index in [0.29, 0.717) is 23.4 Å². The maximum atomic E-state index is 13.0. The van der Waals surface area contributed by atoms with Crippen molar-refractivity contribution in [3.63, 3.8) is 0 Å². The number of anilines is 1. The smallest absolute Gasteiger partial charge is 0.339 e. The van der Waals surface area contributed by atoms with Crippen molar-refractivity contribution in [1.29, 1.82) is 0 Å². The zero-order valence-electron chi connectivity index (χ0n) is 19.8. The number of esters is 2. The van der Waals surface area contributed by atoms with E-state index in [9.17, 15) is 14.4 Å². The molecule has 1 amide bonds. The van der Waals surface area contributed by atoms with Crippen LogP contribution in [0.3, 0.4) is 0 Å². The second kappa shape index (κ2) is 11.1. The molecule has 0 aliphatic heterocycles. The normalized spacial score (nSPS) is 20.2. The van der Waals surface area contributed by atoms with Crippen LogP contribution >= 0.6 is 0 Å². The van der Waals surface area contributed by atoms with Crippen molar-refractivity contribution in [3.05, 3.63) is 65.2 Å². The highest BCUT2D eigenvalue weighted by molar-refractivity contribution is 6.04. The third-order valence-electron chi connectivity index (χ3n) is 6.22. The van der Waals surface area contributed by atoms with E-state index in [2.05, 4.69) is 26.1 Å². The summed E-state index contributed by atoms with van der Waals surface area (Å²) in [4.78, 5) is 37.9. The summed E-state index contributed by atoms with van der Waals surface area (Å²) in [6.07, 6.45) is 2.80. The first-order chi connectivity index (χ1) is 15.7. The predicted molar refractivity (Wildman–Crippen MR) is 127 cm³/mol. The van der Waals surface area contributed by atoms with Crippen molar-refractivity contribution in [1.82, 2.24) is 0 Å². The minimum absolute atomic E-state index is 0.0933. The van der Waals surface area contributed by atoms with Gasteiger partial charge in [-0.05, 0) is 67.3 Å². The predicted octanol–water partition coefficient (Wildman–Crippen LogP) is 5.41. The second-order valence-electron chi connectivity index (χ2n) is 9.31. The van der Waals surface area contributed by atoms with Gasteiger partial charge in [0.25, 0.3) is 5.91 Å². The molecule has 1 fully saturated rings. The number of hydrogen-bond donors (Lipinski definition) is 1. The van der Waals surface area contributed by atoms with Crippen LogP contribution in [-0.4, -0.2) is 30.6 Å². The average molecular weight is 452 g/mol. The van der Waals surface area contributed by atoms with Crippen LogP contribution in [-0.2, 0) is 14.3 Å². The van der Waals surface area contributed by atoms with E-state index < -0.39 is 24.5 Å². The molecule has 1 saturated carbocycles. The summed E-state index contributed by atoms with van der Waals surface area (Å²) >= 11 is 0. The highest BCUT2D eigenvalue weighted by atomic mass is 16.5. The fourth-order valence-corrected chi connectivity index (χ4v) is 4.42. The van der Waals surface area contributed by atoms with Crippen LogP contribution in [0.1, 0.15) is 66.3 Å². The van der Waals surface area contributed by atoms with Crippen LogP contribution in [0.15, 0.2) is 48.5 Å². The van der Waals surface area contributed by atoms with Gasteiger partial charge in [-0.15, -0.1) is 0 Å². The van der Waals surface area contributed by atoms with Crippen molar-refractivity contribution < 1.29 is 23.9 Å². The molecule has 6 heteroatoms. The Hall–Kier alpha value is -3.15. The van der Waals surface area contributed by atoms with Gasteiger partial charge in [0.2, 0.25) is 0 Å². The number of hydrogen-bond acceptors (Lipinski definition) is 5. The van der Waals surface area contributed by atoms with Gasteiger partial charge in [-0.3, -0.25) is 4.79 Å². The summed E-state index contributed by atoms with van der Waals surface area (Å²) in [6.45, 7) is 7.93. The summed E-state index contributed by atoms with van der Waals surface area (Å²) in [7, 11) is 0. The Kier molecular flexibility index (Phi) is 8.26. The molecule has 0 heterocycles. The molecule has 0 saturated heterocycles. The Morgan fingerprint density at radius 1 is 1.00 bits per heavy atom. The van der Waals surface area contributed by atoms with Crippen molar-refractivity contribution in [2.75, 3.05) is 11.9 Å². The van der Waals surface area contributed by atoms with Crippen LogP contribution in [0.2, 0.25) is 0 Å². The summed E-state index contributed by atoms with van der Waals surface area (Å²) < 4.78 is 11.1. The monoisotopic (exact) mass is 451 g/mol. The Labute approximate surface area is 195 Å². The van der Waals surface area contributed by atoms with Gasteiger partial charge in [-0.1, -0.05) is 51.5 Å². The highest BCUT2D eigenvalue weighted by Gasteiger charge is 2.34. The Balaban J connectivity index is 1.64. The molecule has 6 nitrogen and oxygen atoms in total. The Morgan fingerprint density at radius 2 is 1.70 bits per heavy atom. The Morgan fingerprint density at radius 3 is 2.36 bits per heavy atom. The highest BCUT2D eigenvalue weighted by Crippen LogP contribution is 2.35. The zero-order valence-corrected chi connectivity index (χ0v) is 19.8. The standard InChI is InChI=1S/C27H33NO5/c1-17(2)21-13-12-19(4)15-24(21)33-27(31)23-11-6-5-10-22(23)26(30)32-16-25(29)28-20-9-7-8-18(3)14-20/h5-11,14,17,19,21,24H,12-13,15-16H2,1-4H3,(H,28,29)/t19-,21-,24+/m0/s1. The lowest BCUT2D eigenvalue weighted by atomic mass is 9.75. The van der Waals surface area contributed by atoms with Gasteiger partial charge in [-0.25, -0.2) is 9.59 Å². The molecule has 0 radical (unpaired) electrons. The minimum atomic E-state index is -0.737. The molecule has 0 bridgehead atoms. The quantitative estimate of drug-likeness (QED) is 0.570. The van der Waals surface area contributed by atoms with Gasteiger partial charge in [0.1, 0.15) is 6.10 Å². The summed E-state index contributed by atoms with van der Waals surface area (Å²) in [5.74, 6) is -0.525. The zero-order chi connectivity index (χ0) is 24.0. The summed E-state index contributed by atoms with van der Waals surface area (Å²) in [5.41, 5.74) is 1.88. The average Bonchev–Trinajstić information content (AvgIpc) is 2.77. The number of aryl methyl sites for hydroxylation is 1. The van der Waals surface area contributed by atoms with Gasteiger partial charge in [0.15, 0.2) is 6.61 Å². The molecule has 2 aromatic carbocycles. The SMILES string of the molecule is Cc1cccc(NC(=O)COC(=O)c2ccccc2C(=O)O[C@@H]2C[C@@H](C)CC[C@H]2C(C)C)c1. The molecule has 1 N–H and O–H groups in total. The summed E-state index contributed by atoms with van der Waals surface area (Å²) in [6, 6.07) is 13.7. The molecule has 33 heavy (non-hydrogen) atoms. The van der Waals surface area contributed by atoms with Crippen LogP contribution in [0, 0.1) is 24.7 Å². The number of rotatable bonds is 7. The molecule has 3 rings (SSSR count). The van der Waals surface area contributed by atoms with Crippen LogP contribution in [0.4, 0.5) is 5.69 Å². The lowest BCUT2D eigenvalue weighted by Gasteiger charge is -2.36. The lowest BCUT2D eigenvalue weighted by Crippen LogP contribution is -2.36. The molecule has 1 aliphatic carbocycles. The lowest BCUT2D eigenvalue weighted by molar-refractivity contribution is -0.119. The van der Waals surface area contributed by atoms with Gasteiger partial charge in [-0.2, -0.15) is 0 Å². The van der Waals surface area contributed by atoms with Crippen molar-refractivity contribution in [2.24, 2.45) is 17.8 Å². The van der Waals surface area contributed by atoms with E-state index in [-0.39, 0.29) is 17.2 Å². The largest absolute Gasteiger partial charge is 0.458 e. The van der Waals surface area contributed by atoms with E-state index in [1.165, 1.54) is 6.07 Å². The molecule has 0 aromatic heterocycles. The third-order valence-corrected chi connectivity index (χ3v) is 6.22. The molecule has 1 aliphatic rings. The van der Waals surface area contributed by atoms with E-state index >= 15 is 0 Å². The number of nitrogens with one attached hydrogen (secondary N) is 1. The molecular formula is C27H33NO5. The second-order valence-corrected chi connectivity index (χ2v) is 9.31. The molecule has 176 valence electrons. The van der Waals surface area contributed by atoms with Crippen LogP contribution in [0.5, 0.6) is 0 Å². The number of ether oxygens (including phenoxy) is 2. The van der Waals surface area contributed by atoms with E-state index in [0.717, 1.165) is 24.8 Å². The molecule has 0 unspecified atom stereocenters. The summed E-state index contributed by atoms with van der Waals surface area (Å²) in [5, 5.41) is 2.69. The molecular weight excluding hydrogens is 418 g/mol. The first-order valence-electron chi connectivity index (χ1n) is 11.6. The van der Waals surface area contributed by atoms with Crippen LogP contribution < -0.4 is 5.32 Å². The topological polar surface area (TPSA) is 81.7 Å². The number of benzene rings is 2. The molecule has 0 spiro atoms. The maximum Gasteiger partial charge on any atom is 0.339 e. The maximum absolute atomic E-state index is 13.0. The number of amides is 1. The first kappa shape index (κ1) is 24.5. The molecule has 3 atom stereocenters. The van der Waals surface area contributed by atoms with E-state index in [1.807, 2.05) is 25.1 Å². The number of carbonyl (C=O) groups excluding carboxylic acids is 3. The van der Waals surface area contributed by atoms with E-state index in [4.69, 9.17) is 9.47 Å². The van der Waals surface area contributed by atoms with Gasteiger partial charge < -0.3 is 14.8 Å². The fourth-order valence-electron chi connectivity index (χ4n) is 4.42.